The van der Waals surface area contributed by atoms with Crippen molar-refractivity contribution in [2.75, 3.05) is 18.6 Å². The minimum atomic E-state index is -2.91. The monoisotopic (exact) mass is 386 g/mol. The Morgan fingerprint density at radius 3 is 2.76 bits per heavy atom. The van der Waals surface area contributed by atoms with E-state index >= 15 is 0 Å². The Balaban J connectivity index is 1.60. The molecule has 1 saturated heterocycles. The van der Waals surface area contributed by atoms with Crippen LogP contribution in [0.5, 0.6) is 0 Å². The highest BCUT2D eigenvalue weighted by Crippen LogP contribution is 2.22. The lowest BCUT2D eigenvalue weighted by atomic mass is 10.1. The molecule has 1 aliphatic rings. The molecule has 0 saturated carbocycles. The van der Waals surface area contributed by atoms with Gasteiger partial charge in [0.05, 0.1) is 18.6 Å². The molecule has 2 atom stereocenters. The van der Waals surface area contributed by atoms with Crippen LogP contribution >= 0.6 is 12.2 Å². The third-order valence-corrected chi connectivity index (χ3v) is 6.41. The summed E-state index contributed by atoms with van der Waals surface area (Å²) < 4.78 is 43.2. The van der Waals surface area contributed by atoms with Gasteiger partial charge >= 0.3 is 0 Å². The molecular formula is C16H21FN3O3S2+. The average molecular weight is 386 g/mol. The molecule has 0 spiro atoms. The van der Waals surface area contributed by atoms with E-state index < -0.39 is 9.84 Å². The number of benzene rings is 1. The molecule has 0 radical (unpaired) electrons. The van der Waals surface area contributed by atoms with Crippen LogP contribution < -0.4 is 4.90 Å². The Hall–Kier alpha value is -1.58. The first kappa shape index (κ1) is 18.2. The summed E-state index contributed by atoms with van der Waals surface area (Å²) in [5.41, 5.74) is 1.02. The van der Waals surface area contributed by atoms with Gasteiger partial charge in [0.1, 0.15) is 12.4 Å². The molecule has 1 aliphatic heterocycles. The first-order valence-corrected chi connectivity index (χ1v) is 10.4. The molecular weight excluding hydrogens is 365 g/mol. The lowest BCUT2D eigenvalue weighted by molar-refractivity contribution is -0.917. The third-order valence-electron chi connectivity index (χ3n) is 4.28. The molecule has 0 bridgehead atoms. The van der Waals surface area contributed by atoms with E-state index in [0.29, 0.717) is 31.9 Å². The van der Waals surface area contributed by atoms with Gasteiger partial charge in [-0.25, -0.2) is 12.8 Å². The second-order valence-corrected chi connectivity index (χ2v) is 9.23. The smallest absolute Gasteiger partial charge is 0.291 e. The fourth-order valence-electron chi connectivity index (χ4n) is 3.07. The maximum absolute atomic E-state index is 13.0. The average Bonchev–Trinajstić information content (AvgIpc) is 3.04. The summed E-state index contributed by atoms with van der Waals surface area (Å²) in [4.78, 5) is 1.40. The van der Waals surface area contributed by atoms with Crippen molar-refractivity contribution >= 4 is 22.1 Å². The second kappa shape index (κ2) is 7.35. The molecule has 1 N–H and O–H groups in total. The Labute approximate surface area is 151 Å². The predicted molar refractivity (Wildman–Crippen MR) is 92.8 cm³/mol. The zero-order valence-corrected chi connectivity index (χ0v) is 15.6. The molecule has 25 heavy (non-hydrogen) atoms. The fourth-order valence-corrected chi connectivity index (χ4v) is 5.14. The molecule has 136 valence electrons. The molecule has 1 fully saturated rings. The van der Waals surface area contributed by atoms with Gasteiger partial charge in [0, 0.05) is 12.0 Å². The summed E-state index contributed by atoms with van der Waals surface area (Å²) in [6.07, 6.45) is 1.14. The summed E-state index contributed by atoms with van der Waals surface area (Å²) in [6, 6.07) is 6.40. The van der Waals surface area contributed by atoms with E-state index in [4.69, 9.17) is 16.6 Å². The largest absolute Gasteiger partial charge is 0.414 e. The van der Waals surface area contributed by atoms with Gasteiger partial charge in [0.15, 0.2) is 16.5 Å². The first-order chi connectivity index (χ1) is 11.8. The van der Waals surface area contributed by atoms with Crippen LogP contribution in [0, 0.1) is 16.6 Å². The van der Waals surface area contributed by atoms with Crippen LogP contribution in [0.25, 0.3) is 0 Å². The number of halogens is 1. The van der Waals surface area contributed by atoms with Crippen LogP contribution in [0.3, 0.4) is 0 Å². The van der Waals surface area contributed by atoms with E-state index in [2.05, 4.69) is 5.10 Å². The summed E-state index contributed by atoms with van der Waals surface area (Å²) >= 11 is 5.21. The van der Waals surface area contributed by atoms with Crippen LogP contribution in [0.15, 0.2) is 28.7 Å². The van der Waals surface area contributed by atoms with Gasteiger partial charge in [0.2, 0.25) is 5.89 Å². The van der Waals surface area contributed by atoms with Crippen molar-refractivity contribution < 1.29 is 22.1 Å². The van der Waals surface area contributed by atoms with E-state index in [0.717, 1.165) is 10.5 Å². The number of nitrogens with one attached hydrogen (secondary N) is 1. The van der Waals surface area contributed by atoms with Crippen LogP contribution in [0.1, 0.15) is 17.9 Å². The Bertz CT molecular complexity index is 890. The van der Waals surface area contributed by atoms with Crippen molar-refractivity contribution in [3.8, 4) is 0 Å². The topological polar surface area (TPSA) is 69.5 Å². The van der Waals surface area contributed by atoms with Gasteiger partial charge in [0.25, 0.3) is 4.84 Å². The molecule has 6 nitrogen and oxygen atoms in total. The highest BCUT2D eigenvalue weighted by molar-refractivity contribution is 7.91. The summed E-state index contributed by atoms with van der Waals surface area (Å²) in [7, 11) is -0.920. The molecule has 9 heteroatoms. The lowest BCUT2D eigenvalue weighted by Crippen LogP contribution is -3.07. The molecule has 3 rings (SSSR count). The highest BCUT2D eigenvalue weighted by Gasteiger charge is 2.29. The van der Waals surface area contributed by atoms with Gasteiger partial charge in [-0.2, -0.15) is 4.68 Å². The third kappa shape index (κ3) is 4.96. The normalized spacial score (nSPS) is 20.6. The van der Waals surface area contributed by atoms with E-state index in [1.165, 1.54) is 12.1 Å². The minimum absolute atomic E-state index is 0.0517. The SMILES string of the molecule is C[NH+](Cc1ccc(F)cc1)Cn1nc(C[C@@H]2CCS(=O)(=O)C2)oc1=S. The van der Waals surface area contributed by atoms with Gasteiger partial charge < -0.3 is 9.32 Å². The quantitative estimate of drug-likeness (QED) is 0.750. The number of sulfone groups is 1. The van der Waals surface area contributed by atoms with Gasteiger partial charge in [-0.15, -0.1) is 5.10 Å². The van der Waals surface area contributed by atoms with Crippen molar-refractivity contribution in [1.29, 1.82) is 0 Å². The lowest BCUT2D eigenvalue weighted by Gasteiger charge is -2.13. The summed E-state index contributed by atoms with van der Waals surface area (Å²) in [5, 5.41) is 4.39. The first-order valence-electron chi connectivity index (χ1n) is 8.14. The molecule has 0 aliphatic carbocycles. The molecule has 0 amide bonds. The van der Waals surface area contributed by atoms with Crippen LogP contribution in [0.2, 0.25) is 0 Å². The number of aromatic nitrogens is 2. The zero-order valence-electron chi connectivity index (χ0n) is 13.9. The summed E-state index contributed by atoms with van der Waals surface area (Å²) in [5.74, 6) is 0.720. The highest BCUT2D eigenvalue weighted by atomic mass is 32.2. The van der Waals surface area contributed by atoms with Crippen LogP contribution in [-0.4, -0.2) is 36.8 Å². The van der Waals surface area contributed by atoms with Gasteiger partial charge in [-0.05, 0) is 36.7 Å². The summed E-state index contributed by atoms with van der Waals surface area (Å²) in [6.45, 7) is 1.22. The van der Waals surface area contributed by atoms with Crippen molar-refractivity contribution in [2.45, 2.75) is 26.1 Å². The number of hydrogen-bond donors (Lipinski definition) is 1. The van der Waals surface area contributed by atoms with Gasteiger partial charge in [-0.3, -0.25) is 0 Å². The fraction of sp³-hybridized carbons (Fsp3) is 0.500. The molecule has 2 aromatic rings. The zero-order chi connectivity index (χ0) is 18.0. The second-order valence-electron chi connectivity index (χ2n) is 6.65. The van der Waals surface area contributed by atoms with Crippen LogP contribution in [0.4, 0.5) is 4.39 Å². The van der Waals surface area contributed by atoms with Crippen molar-refractivity contribution in [1.82, 2.24) is 9.78 Å². The van der Waals surface area contributed by atoms with Crippen molar-refractivity contribution in [2.24, 2.45) is 5.92 Å². The molecule has 1 aromatic heterocycles. The Kier molecular flexibility index (Phi) is 5.35. The van der Waals surface area contributed by atoms with E-state index in [9.17, 15) is 12.8 Å². The Morgan fingerprint density at radius 2 is 2.12 bits per heavy atom. The Morgan fingerprint density at radius 1 is 1.40 bits per heavy atom. The standard InChI is InChI=1S/C16H20FN3O3S2/c1-19(9-12-2-4-14(17)5-3-12)11-20-16(24)23-15(18-20)8-13-6-7-25(21,22)10-13/h2-5,13H,6-11H2,1H3/p+1/t13-/m0/s1. The molecule has 1 aromatic carbocycles. The van der Waals surface area contributed by atoms with E-state index in [1.54, 1.807) is 16.8 Å². The minimum Gasteiger partial charge on any atom is -0.414 e. The molecule has 1 unspecified atom stereocenters. The number of quaternary nitrogens is 1. The predicted octanol–water partition coefficient (Wildman–Crippen LogP) is 0.994. The molecule has 2 heterocycles. The maximum Gasteiger partial charge on any atom is 0.291 e. The number of rotatable bonds is 6. The van der Waals surface area contributed by atoms with Crippen molar-refractivity contribution in [3.63, 3.8) is 0 Å². The van der Waals surface area contributed by atoms with Crippen molar-refractivity contribution in [3.05, 3.63) is 46.4 Å². The number of hydrogen-bond acceptors (Lipinski definition) is 5. The maximum atomic E-state index is 13.0. The van der Waals surface area contributed by atoms with E-state index in [-0.39, 0.29) is 28.1 Å². The van der Waals surface area contributed by atoms with E-state index in [1.807, 2.05) is 7.05 Å². The number of nitrogens with zero attached hydrogens (tertiary/aromatic N) is 2. The van der Waals surface area contributed by atoms with Gasteiger partial charge in [-0.1, -0.05) is 12.1 Å². The van der Waals surface area contributed by atoms with Crippen LogP contribution in [-0.2, 0) is 29.5 Å².